The van der Waals surface area contributed by atoms with Gasteiger partial charge in [-0.3, -0.25) is 4.79 Å². The molecular formula is C11H12BrNO. The first-order chi connectivity index (χ1) is 6.50. The van der Waals surface area contributed by atoms with Gasteiger partial charge in [-0.2, -0.15) is 0 Å². The van der Waals surface area contributed by atoms with Gasteiger partial charge in [0, 0.05) is 22.2 Å². The second-order valence-corrected chi connectivity index (χ2v) is 4.20. The van der Waals surface area contributed by atoms with Gasteiger partial charge in [0.1, 0.15) is 0 Å². The average Bonchev–Trinajstić information content (AvgIpc) is 2.08. The molecule has 0 aliphatic rings. The van der Waals surface area contributed by atoms with E-state index in [4.69, 9.17) is 5.41 Å². The van der Waals surface area contributed by atoms with Gasteiger partial charge >= 0.3 is 0 Å². The second kappa shape index (κ2) is 4.51. The van der Waals surface area contributed by atoms with Gasteiger partial charge in [0.25, 0.3) is 0 Å². The van der Waals surface area contributed by atoms with Crippen molar-refractivity contribution in [2.24, 2.45) is 0 Å². The summed E-state index contributed by atoms with van der Waals surface area (Å²) in [5, 5.41) is 7.24. The predicted octanol–water partition coefficient (Wildman–Crippen LogP) is 3.37. The van der Waals surface area contributed by atoms with Crippen LogP contribution in [0, 0.1) is 12.3 Å². The Morgan fingerprint density at radius 1 is 1.50 bits per heavy atom. The van der Waals surface area contributed by atoms with Crippen LogP contribution in [-0.2, 0) is 0 Å². The Morgan fingerprint density at radius 3 is 2.64 bits per heavy atom. The number of benzene rings is 1. The Hall–Kier alpha value is -0.960. The maximum absolute atomic E-state index is 11.6. The van der Waals surface area contributed by atoms with E-state index in [0.717, 1.165) is 10.0 Å². The van der Waals surface area contributed by atoms with Crippen molar-refractivity contribution in [2.75, 3.05) is 0 Å². The molecule has 0 heterocycles. The smallest absolute Gasteiger partial charge is 0.168 e. The summed E-state index contributed by atoms with van der Waals surface area (Å²) in [4.78, 5) is 11.6. The van der Waals surface area contributed by atoms with Crippen LogP contribution < -0.4 is 0 Å². The second-order valence-electron chi connectivity index (χ2n) is 3.34. The number of Topliss-reactive ketones (excluding diaryl/α,β-unsaturated/α-hetero) is 1. The molecule has 3 heteroatoms. The van der Waals surface area contributed by atoms with E-state index in [1.54, 1.807) is 13.0 Å². The summed E-state index contributed by atoms with van der Waals surface area (Å²) < 4.78 is 1.00. The lowest BCUT2D eigenvalue weighted by molar-refractivity contribution is 0.100. The number of nitrogens with one attached hydrogen (secondary N) is 1. The summed E-state index contributed by atoms with van der Waals surface area (Å²) >= 11 is 3.38. The largest absolute Gasteiger partial charge is 0.310 e. The quantitative estimate of drug-likeness (QED) is 0.652. The van der Waals surface area contributed by atoms with Crippen molar-refractivity contribution in [2.45, 2.75) is 20.3 Å². The SMILES string of the molecule is CC(=N)CC(=O)c1ccc(Br)c(C)c1. The minimum atomic E-state index is 0.00750. The van der Waals surface area contributed by atoms with E-state index in [-0.39, 0.29) is 12.2 Å². The van der Waals surface area contributed by atoms with E-state index in [1.165, 1.54) is 0 Å². The summed E-state index contributed by atoms with van der Waals surface area (Å²) in [6.45, 7) is 3.59. The van der Waals surface area contributed by atoms with Gasteiger partial charge in [-0.05, 0) is 31.5 Å². The summed E-state index contributed by atoms with van der Waals surface area (Å²) in [5.41, 5.74) is 2.12. The zero-order valence-corrected chi connectivity index (χ0v) is 9.81. The average molecular weight is 254 g/mol. The molecule has 0 spiro atoms. The number of carbonyl (C=O) groups excluding carboxylic acids is 1. The van der Waals surface area contributed by atoms with Crippen molar-refractivity contribution in [1.29, 1.82) is 5.41 Å². The lowest BCUT2D eigenvalue weighted by Crippen LogP contribution is -2.04. The Kier molecular flexibility index (Phi) is 3.58. The molecule has 1 N–H and O–H groups in total. The first-order valence-electron chi connectivity index (χ1n) is 4.34. The fourth-order valence-electron chi connectivity index (χ4n) is 1.16. The molecule has 1 rings (SSSR count). The fraction of sp³-hybridized carbons (Fsp3) is 0.273. The Bertz CT molecular complexity index is 385. The van der Waals surface area contributed by atoms with Crippen molar-refractivity contribution < 1.29 is 4.79 Å². The molecule has 0 saturated heterocycles. The Balaban J connectivity index is 2.91. The number of carbonyl (C=O) groups is 1. The van der Waals surface area contributed by atoms with Gasteiger partial charge in [-0.15, -0.1) is 0 Å². The van der Waals surface area contributed by atoms with Crippen molar-refractivity contribution in [3.63, 3.8) is 0 Å². The maximum Gasteiger partial charge on any atom is 0.168 e. The highest BCUT2D eigenvalue weighted by atomic mass is 79.9. The van der Waals surface area contributed by atoms with Gasteiger partial charge in [-0.25, -0.2) is 0 Å². The van der Waals surface area contributed by atoms with Crippen LogP contribution in [0.25, 0.3) is 0 Å². The summed E-state index contributed by atoms with van der Waals surface area (Å²) in [7, 11) is 0. The van der Waals surface area contributed by atoms with E-state index in [1.807, 2.05) is 19.1 Å². The van der Waals surface area contributed by atoms with Crippen LogP contribution >= 0.6 is 15.9 Å². The monoisotopic (exact) mass is 253 g/mol. The molecule has 2 nitrogen and oxygen atoms in total. The third-order valence-electron chi connectivity index (χ3n) is 1.91. The zero-order chi connectivity index (χ0) is 10.7. The molecule has 0 atom stereocenters. The number of hydrogen-bond acceptors (Lipinski definition) is 2. The molecule has 0 unspecified atom stereocenters. The zero-order valence-electron chi connectivity index (χ0n) is 8.23. The molecule has 74 valence electrons. The van der Waals surface area contributed by atoms with Gasteiger partial charge in [-0.1, -0.05) is 22.0 Å². The summed E-state index contributed by atoms with van der Waals surface area (Å²) in [6, 6.07) is 5.49. The molecule has 0 aliphatic heterocycles. The molecule has 0 fully saturated rings. The maximum atomic E-state index is 11.6. The fourth-order valence-corrected chi connectivity index (χ4v) is 1.41. The van der Waals surface area contributed by atoms with Crippen LogP contribution in [0.4, 0.5) is 0 Å². The van der Waals surface area contributed by atoms with Gasteiger partial charge < -0.3 is 5.41 Å². The minimum absolute atomic E-state index is 0.00750. The third kappa shape index (κ3) is 2.77. The van der Waals surface area contributed by atoms with Crippen LogP contribution in [0.5, 0.6) is 0 Å². The molecule has 0 aliphatic carbocycles. The Labute approximate surface area is 92.0 Å². The lowest BCUT2D eigenvalue weighted by Gasteiger charge is -2.02. The summed E-state index contributed by atoms with van der Waals surface area (Å²) in [5.74, 6) is 0.00750. The van der Waals surface area contributed by atoms with Gasteiger partial charge in [0.15, 0.2) is 5.78 Å². The van der Waals surface area contributed by atoms with E-state index in [9.17, 15) is 4.79 Å². The number of halogens is 1. The molecule has 14 heavy (non-hydrogen) atoms. The highest BCUT2D eigenvalue weighted by molar-refractivity contribution is 9.10. The van der Waals surface area contributed by atoms with Crippen LogP contribution in [0.1, 0.15) is 29.3 Å². The van der Waals surface area contributed by atoms with Gasteiger partial charge in [0.05, 0.1) is 0 Å². The molecule has 0 aromatic heterocycles. The third-order valence-corrected chi connectivity index (χ3v) is 2.80. The Morgan fingerprint density at radius 2 is 2.14 bits per heavy atom. The van der Waals surface area contributed by atoms with Crippen molar-refractivity contribution in [3.8, 4) is 0 Å². The van der Waals surface area contributed by atoms with Crippen molar-refractivity contribution >= 4 is 27.4 Å². The molecule has 0 saturated carbocycles. The van der Waals surface area contributed by atoms with Crippen LogP contribution in [0.3, 0.4) is 0 Å². The van der Waals surface area contributed by atoms with Crippen molar-refractivity contribution in [3.05, 3.63) is 33.8 Å². The molecule has 0 bridgehead atoms. The molecule has 1 aromatic rings. The standard InChI is InChI=1S/C11H12BrNO/c1-7-5-9(3-4-10(7)12)11(14)6-8(2)13/h3-5,13H,6H2,1-2H3. The molecular weight excluding hydrogens is 242 g/mol. The van der Waals surface area contributed by atoms with E-state index in [2.05, 4.69) is 15.9 Å². The summed E-state index contributed by atoms with van der Waals surface area (Å²) in [6.07, 6.45) is 0.209. The molecule has 0 radical (unpaired) electrons. The van der Waals surface area contributed by atoms with Gasteiger partial charge in [0.2, 0.25) is 0 Å². The normalized spacial score (nSPS) is 9.93. The minimum Gasteiger partial charge on any atom is -0.310 e. The first kappa shape index (κ1) is 11.1. The number of ketones is 1. The predicted molar refractivity (Wildman–Crippen MR) is 61.2 cm³/mol. The highest BCUT2D eigenvalue weighted by Crippen LogP contribution is 2.17. The number of hydrogen-bond donors (Lipinski definition) is 1. The number of rotatable bonds is 3. The van der Waals surface area contributed by atoms with Crippen LogP contribution in [-0.4, -0.2) is 11.5 Å². The van der Waals surface area contributed by atoms with Crippen LogP contribution in [0.2, 0.25) is 0 Å². The van der Waals surface area contributed by atoms with E-state index >= 15 is 0 Å². The molecule has 1 aromatic carbocycles. The lowest BCUT2D eigenvalue weighted by atomic mass is 10.0. The number of aryl methyl sites for hydroxylation is 1. The topological polar surface area (TPSA) is 40.9 Å². The van der Waals surface area contributed by atoms with E-state index < -0.39 is 0 Å². The van der Waals surface area contributed by atoms with Crippen LogP contribution in [0.15, 0.2) is 22.7 Å². The molecule has 0 amide bonds. The first-order valence-corrected chi connectivity index (χ1v) is 5.13. The van der Waals surface area contributed by atoms with E-state index in [0.29, 0.717) is 11.3 Å². The van der Waals surface area contributed by atoms with Crippen molar-refractivity contribution in [1.82, 2.24) is 0 Å². The highest BCUT2D eigenvalue weighted by Gasteiger charge is 2.07.